The van der Waals surface area contributed by atoms with Crippen LogP contribution in [-0.4, -0.2) is 38.1 Å². The molecule has 0 saturated heterocycles. The van der Waals surface area contributed by atoms with Gasteiger partial charge in [-0.05, 0) is 37.7 Å². The van der Waals surface area contributed by atoms with E-state index in [-0.39, 0.29) is 30.7 Å². The van der Waals surface area contributed by atoms with Crippen molar-refractivity contribution in [2.45, 2.75) is 57.2 Å². The van der Waals surface area contributed by atoms with Crippen LogP contribution in [0.4, 0.5) is 13.2 Å². The van der Waals surface area contributed by atoms with Crippen LogP contribution < -0.4 is 5.43 Å². The summed E-state index contributed by atoms with van der Waals surface area (Å²) in [5.41, 5.74) is 1.19. The minimum Gasteiger partial charge on any atom is -0.376 e. The van der Waals surface area contributed by atoms with E-state index in [1.165, 1.54) is 18.3 Å². The average molecular weight is 448 g/mol. The molecule has 1 atom stereocenters. The first-order chi connectivity index (χ1) is 15.3. The Bertz CT molecular complexity index is 1200. The topological polar surface area (TPSA) is 93.1 Å². The summed E-state index contributed by atoms with van der Waals surface area (Å²) in [6.07, 6.45) is 0.504. The molecule has 10 heteroatoms. The van der Waals surface area contributed by atoms with Crippen molar-refractivity contribution < 1.29 is 23.0 Å². The summed E-state index contributed by atoms with van der Waals surface area (Å²) in [5.74, 6) is -0.0161. The van der Waals surface area contributed by atoms with Crippen molar-refractivity contribution in [1.29, 1.82) is 5.26 Å². The van der Waals surface area contributed by atoms with Gasteiger partial charge in [0, 0.05) is 36.1 Å². The minimum atomic E-state index is -4.55. The lowest BCUT2D eigenvalue weighted by Crippen LogP contribution is -2.33. The van der Waals surface area contributed by atoms with E-state index in [1.807, 2.05) is 10.6 Å². The second-order valence-electron chi connectivity index (χ2n) is 8.17. The molecule has 3 aromatic heterocycles. The number of nitrogens with zero attached hydrogens (tertiary/aromatic N) is 4. The van der Waals surface area contributed by atoms with E-state index in [1.54, 1.807) is 17.0 Å². The first-order valence-corrected chi connectivity index (χ1v) is 10.5. The summed E-state index contributed by atoms with van der Waals surface area (Å²) in [6, 6.07) is 4.94. The highest BCUT2D eigenvalue weighted by Crippen LogP contribution is 2.36. The van der Waals surface area contributed by atoms with Crippen LogP contribution in [0.1, 0.15) is 38.1 Å². The average Bonchev–Trinajstić information content (AvgIpc) is 3.20. The predicted molar refractivity (Wildman–Crippen MR) is 111 cm³/mol. The maximum Gasteiger partial charge on any atom is 0.415 e. The Kier molecular flexibility index (Phi) is 6.22. The molecule has 1 aliphatic carbocycles. The van der Waals surface area contributed by atoms with Gasteiger partial charge in [-0.1, -0.05) is 0 Å². The van der Waals surface area contributed by atoms with Crippen LogP contribution >= 0.6 is 0 Å². The second kappa shape index (κ2) is 8.92. The zero-order valence-corrected chi connectivity index (χ0v) is 17.3. The van der Waals surface area contributed by atoms with Gasteiger partial charge in [0.15, 0.2) is 11.5 Å². The number of aromatic nitrogens is 3. The smallest absolute Gasteiger partial charge is 0.376 e. The second-order valence-corrected chi connectivity index (χ2v) is 8.17. The molecule has 7 nitrogen and oxygen atoms in total. The third kappa shape index (κ3) is 4.23. The fraction of sp³-hybridized carbons (Fsp3) is 0.500. The summed E-state index contributed by atoms with van der Waals surface area (Å²) in [7, 11) is 0. The lowest BCUT2D eigenvalue weighted by Gasteiger charge is -2.32. The molecule has 0 amide bonds. The predicted octanol–water partition coefficient (Wildman–Crippen LogP) is 3.89. The van der Waals surface area contributed by atoms with Crippen molar-refractivity contribution in [1.82, 2.24) is 14.1 Å². The number of rotatable bonds is 6. The Morgan fingerprint density at radius 1 is 1.22 bits per heavy atom. The van der Waals surface area contributed by atoms with Gasteiger partial charge in [-0.25, -0.2) is 4.98 Å². The third-order valence-corrected chi connectivity index (χ3v) is 6.21. The largest absolute Gasteiger partial charge is 0.415 e. The number of pyridine rings is 2. The molecule has 0 bridgehead atoms. The Morgan fingerprint density at radius 3 is 2.62 bits per heavy atom. The SMILES string of the molecule is N#CC[C@@H](OCC1CCC(n2ccc(=O)c3cnc4c(ccn4CO)c32)CC1)C(F)(F)F. The number of hydrogen-bond acceptors (Lipinski definition) is 5. The van der Waals surface area contributed by atoms with E-state index >= 15 is 0 Å². The number of alkyl halides is 3. The van der Waals surface area contributed by atoms with E-state index < -0.39 is 18.7 Å². The maximum atomic E-state index is 13.0. The van der Waals surface area contributed by atoms with Gasteiger partial charge in [0.25, 0.3) is 0 Å². The number of ether oxygens (including phenoxy) is 1. The number of halogens is 3. The highest BCUT2D eigenvalue weighted by Gasteiger charge is 2.41. The zero-order valence-electron chi connectivity index (χ0n) is 17.3. The highest BCUT2D eigenvalue weighted by molar-refractivity contribution is 6.02. The molecule has 1 fully saturated rings. The molecule has 3 heterocycles. The molecule has 1 saturated carbocycles. The number of hydrogen-bond donors (Lipinski definition) is 1. The van der Waals surface area contributed by atoms with Crippen LogP contribution in [0, 0.1) is 17.2 Å². The van der Waals surface area contributed by atoms with Crippen molar-refractivity contribution in [2.75, 3.05) is 6.61 Å². The van der Waals surface area contributed by atoms with Crippen molar-refractivity contribution in [3.8, 4) is 6.07 Å². The fourth-order valence-corrected chi connectivity index (χ4v) is 4.51. The van der Waals surface area contributed by atoms with Gasteiger partial charge in [0.2, 0.25) is 0 Å². The molecular formula is C22H23F3N4O3. The first kappa shape index (κ1) is 22.3. The van der Waals surface area contributed by atoms with Gasteiger partial charge >= 0.3 is 6.18 Å². The number of fused-ring (bicyclic) bond motifs is 3. The summed E-state index contributed by atoms with van der Waals surface area (Å²) in [6.45, 7) is -0.258. The Hall–Kier alpha value is -2.90. The van der Waals surface area contributed by atoms with Crippen LogP contribution in [0.15, 0.2) is 35.5 Å². The Balaban J connectivity index is 1.53. The number of aliphatic hydroxyl groups is 1. The van der Waals surface area contributed by atoms with Gasteiger partial charge in [-0.3, -0.25) is 4.79 Å². The molecule has 0 unspecified atom stereocenters. The lowest BCUT2D eigenvalue weighted by molar-refractivity contribution is -0.222. The summed E-state index contributed by atoms with van der Waals surface area (Å²) in [4.78, 5) is 16.8. The molecule has 1 N–H and O–H groups in total. The van der Waals surface area contributed by atoms with Gasteiger partial charge in [0.1, 0.15) is 12.4 Å². The fourth-order valence-electron chi connectivity index (χ4n) is 4.51. The third-order valence-electron chi connectivity index (χ3n) is 6.21. The van der Waals surface area contributed by atoms with Gasteiger partial charge < -0.3 is 19.0 Å². The first-order valence-electron chi connectivity index (χ1n) is 10.5. The van der Waals surface area contributed by atoms with Crippen LogP contribution in [0.2, 0.25) is 0 Å². The van der Waals surface area contributed by atoms with E-state index in [0.29, 0.717) is 23.9 Å². The van der Waals surface area contributed by atoms with Crippen molar-refractivity contribution in [3.05, 3.63) is 40.9 Å². The molecule has 0 aromatic carbocycles. The highest BCUT2D eigenvalue weighted by atomic mass is 19.4. The minimum absolute atomic E-state index is 0.0161. The standard InChI is InChI=1S/C22H23F3N4O3/c23-22(24,25)19(5-8-26)32-12-14-1-3-15(4-2-14)29-10-7-18(31)17-11-27-21-16(20(17)29)6-9-28(21)13-30/h6-7,9-11,14-15,19,30H,1-5,12-13H2/t14?,15?,19-/m1/s1. The normalized spacial score (nSPS) is 20.5. The Morgan fingerprint density at radius 2 is 1.97 bits per heavy atom. The monoisotopic (exact) mass is 448 g/mol. The molecule has 32 heavy (non-hydrogen) atoms. The molecule has 1 aliphatic rings. The van der Waals surface area contributed by atoms with Crippen LogP contribution in [0.3, 0.4) is 0 Å². The maximum absolute atomic E-state index is 13.0. The van der Waals surface area contributed by atoms with Crippen LogP contribution in [-0.2, 0) is 11.5 Å². The molecule has 0 aliphatic heterocycles. The Labute approximate surface area is 181 Å². The van der Waals surface area contributed by atoms with E-state index in [0.717, 1.165) is 23.7 Å². The van der Waals surface area contributed by atoms with Crippen molar-refractivity contribution >= 4 is 21.9 Å². The molecule has 3 aromatic rings. The summed E-state index contributed by atoms with van der Waals surface area (Å²) >= 11 is 0. The van der Waals surface area contributed by atoms with Crippen LogP contribution in [0.5, 0.6) is 0 Å². The van der Waals surface area contributed by atoms with Crippen molar-refractivity contribution in [2.24, 2.45) is 5.92 Å². The van der Waals surface area contributed by atoms with Gasteiger partial charge in [0.05, 0.1) is 30.0 Å². The summed E-state index contributed by atoms with van der Waals surface area (Å²) < 4.78 is 47.6. The zero-order chi connectivity index (χ0) is 22.9. The quantitative estimate of drug-likeness (QED) is 0.618. The van der Waals surface area contributed by atoms with Crippen LogP contribution in [0.25, 0.3) is 21.9 Å². The molecular weight excluding hydrogens is 425 g/mol. The number of aliphatic hydroxyl groups excluding tert-OH is 1. The summed E-state index contributed by atoms with van der Waals surface area (Å²) in [5, 5.41) is 19.4. The van der Waals surface area contributed by atoms with E-state index in [9.17, 15) is 23.1 Å². The molecule has 0 spiro atoms. The molecule has 4 rings (SSSR count). The van der Waals surface area contributed by atoms with Gasteiger partial charge in [-0.2, -0.15) is 18.4 Å². The van der Waals surface area contributed by atoms with E-state index in [4.69, 9.17) is 10.00 Å². The van der Waals surface area contributed by atoms with E-state index in [2.05, 4.69) is 4.98 Å². The van der Waals surface area contributed by atoms with Gasteiger partial charge in [-0.15, -0.1) is 0 Å². The molecule has 0 radical (unpaired) electrons. The lowest BCUT2D eigenvalue weighted by atomic mass is 9.86. The number of nitriles is 1. The molecule has 170 valence electrons. The van der Waals surface area contributed by atoms with Crippen molar-refractivity contribution in [3.63, 3.8) is 0 Å².